The molecule has 0 spiro atoms. The molecular formula is C11H20O5. The highest BCUT2D eigenvalue weighted by Crippen LogP contribution is 2.05. The molecule has 1 N–H and O–H groups in total. The van der Waals surface area contributed by atoms with Crippen LogP contribution in [0.2, 0.25) is 0 Å². The van der Waals surface area contributed by atoms with Crippen LogP contribution in [0.3, 0.4) is 0 Å². The Balaban J connectivity index is 3.09. The Morgan fingerprint density at radius 1 is 1.00 bits per heavy atom. The molecule has 0 aliphatic rings. The van der Waals surface area contributed by atoms with Crippen molar-refractivity contribution < 1.29 is 24.2 Å². The molecule has 5 nitrogen and oxygen atoms in total. The Kier molecular flexibility index (Phi) is 9.46. The summed E-state index contributed by atoms with van der Waals surface area (Å²) in [5.41, 5.74) is 0. The van der Waals surface area contributed by atoms with Crippen LogP contribution in [-0.2, 0) is 14.3 Å². The lowest BCUT2D eigenvalue weighted by molar-refractivity contribution is -0.137. The van der Waals surface area contributed by atoms with Crippen LogP contribution in [0.4, 0.5) is 4.79 Å². The summed E-state index contributed by atoms with van der Waals surface area (Å²) in [4.78, 5) is 20.9. The number of ether oxygens (including phenoxy) is 2. The summed E-state index contributed by atoms with van der Waals surface area (Å²) in [6, 6.07) is 0. The van der Waals surface area contributed by atoms with E-state index in [0.29, 0.717) is 19.6 Å². The van der Waals surface area contributed by atoms with Gasteiger partial charge in [-0.2, -0.15) is 0 Å². The molecule has 0 fully saturated rings. The second kappa shape index (κ2) is 10.3. The van der Waals surface area contributed by atoms with Gasteiger partial charge in [0.2, 0.25) is 0 Å². The second-order valence-corrected chi connectivity index (χ2v) is 3.44. The fourth-order valence-electron chi connectivity index (χ4n) is 1.22. The zero-order valence-corrected chi connectivity index (χ0v) is 9.74. The van der Waals surface area contributed by atoms with Gasteiger partial charge in [0.15, 0.2) is 0 Å². The molecule has 0 amide bonds. The van der Waals surface area contributed by atoms with Gasteiger partial charge in [-0.25, -0.2) is 4.79 Å². The minimum atomic E-state index is -0.745. The van der Waals surface area contributed by atoms with Gasteiger partial charge in [0, 0.05) is 6.42 Å². The highest BCUT2D eigenvalue weighted by atomic mass is 16.7. The first kappa shape index (κ1) is 14.7. The first-order chi connectivity index (χ1) is 7.66. The van der Waals surface area contributed by atoms with Crippen molar-refractivity contribution in [2.24, 2.45) is 0 Å². The number of unbranched alkanes of at least 4 members (excludes halogenated alkanes) is 4. The molecule has 0 atom stereocenters. The van der Waals surface area contributed by atoms with Crippen LogP contribution < -0.4 is 0 Å². The van der Waals surface area contributed by atoms with E-state index in [1.807, 2.05) is 0 Å². The number of carboxylic acid groups (broad SMARTS) is 1. The lowest BCUT2D eigenvalue weighted by Crippen LogP contribution is -2.07. The maximum Gasteiger partial charge on any atom is 0.508 e. The fraction of sp³-hybridized carbons (Fsp3) is 0.818. The molecule has 0 aliphatic carbocycles. The Morgan fingerprint density at radius 3 is 2.25 bits per heavy atom. The minimum absolute atomic E-state index is 0.235. The number of hydrogen-bond acceptors (Lipinski definition) is 4. The molecule has 5 heteroatoms. The Hall–Kier alpha value is -1.26. The number of aliphatic carboxylic acids is 1. The average molecular weight is 232 g/mol. The number of hydrogen-bond donors (Lipinski definition) is 1. The summed E-state index contributed by atoms with van der Waals surface area (Å²) < 4.78 is 9.36. The molecule has 94 valence electrons. The molecule has 16 heavy (non-hydrogen) atoms. The Bertz CT molecular complexity index is 203. The van der Waals surface area contributed by atoms with Crippen LogP contribution in [0.15, 0.2) is 0 Å². The van der Waals surface area contributed by atoms with E-state index in [2.05, 4.69) is 4.74 Å². The Labute approximate surface area is 95.7 Å². The molecule has 0 aromatic heterocycles. The summed E-state index contributed by atoms with van der Waals surface area (Å²) >= 11 is 0. The standard InChI is InChI=1S/C11H20O5/c1-2-15-11(14)16-9-7-5-3-4-6-8-10(12)13/h2-9H2,1H3,(H,12,13). The van der Waals surface area contributed by atoms with Gasteiger partial charge in [0.05, 0.1) is 13.2 Å². The molecule has 0 saturated carbocycles. The predicted octanol–water partition coefficient (Wildman–Crippen LogP) is 2.58. The normalized spacial score (nSPS) is 9.81. The maximum absolute atomic E-state index is 10.7. The minimum Gasteiger partial charge on any atom is -0.481 e. The van der Waals surface area contributed by atoms with Gasteiger partial charge in [-0.05, 0) is 19.8 Å². The van der Waals surface area contributed by atoms with Crippen molar-refractivity contribution in [3.8, 4) is 0 Å². The number of carbonyl (C=O) groups is 2. The van der Waals surface area contributed by atoms with Crippen LogP contribution in [0, 0.1) is 0 Å². The third kappa shape index (κ3) is 10.8. The molecule has 0 saturated heterocycles. The van der Waals surface area contributed by atoms with E-state index in [1.165, 1.54) is 0 Å². The van der Waals surface area contributed by atoms with Crippen LogP contribution >= 0.6 is 0 Å². The van der Waals surface area contributed by atoms with Gasteiger partial charge in [0.1, 0.15) is 0 Å². The van der Waals surface area contributed by atoms with E-state index in [1.54, 1.807) is 6.92 Å². The lowest BCUT2D eigenvalue weighted by atomic mass is 10.1. The van der Waals surface area contributed by atoms with Gasteiger partial charge in [-0.15, -0.1) is 0 Å². The molecule has 0 aromatic rings. The van der Waals surface area contributed by atoms with E-state index in [0.717, 1.165) is 25.7 Å². The average Bonchev–Trinajstić information content (AvgIpc) is 2.22. The van der Waals surface area contributed by atoms with E-state index < -0.39 is 12.1 Å². The van der Waals surface area contributed by atoms with Crippen molar-refractivity contribution >= 4 is 12.1 Å². The predicted molar refractivity (Wildman–Crippen MR) is 58.3 cm³/mol. The van der Waals surface area contributed by atoms with Crippen molar-refractivity contribution in [2.75, 3.05) is 13.2 Å². The summed E-state index contributed by atoms with van der Waals surface area (Å²) in [5.74, 6) is -0.745. The summed E-state index contributed by atoms with van der Waals surface area (Å²) in [6.07, 6.45) is 3.96. The quantitative estimate of drug-likeness (QED) is 0.488. The largest absolute Gasteiger partial charge is 0.508 e. The molecule has 0 aromatic carbocycles. The third-order valence-electron chi connectivity index (χ3n) is 2.02. The highest BCUT2D eigenvalue weighted by Gasteiger charge is 2.01. The summed E-state index contributed by atoms with van der Waals surface area (Å²) in [6.45, 7) is 2.43. The van der Waals surface area contributed by atoms with E-state index in [-0.39, 0.29) is 6.42 Å². The number of carbonyl (C=O) groups excluding carboxylic acids is 1. The summed E-state index contributed by atoms with van der Waals surface area (Å²) in [5, 5.41) is 8.39. The highest BCUT2D eigenvalue weighted by molar-refractivity contribution is 5.66. The van der Waals surface area contributed by atoms with Crippen molar-refractivity contribution in [3.05, 3.63) is 0 Å². The fourth-order valence-corrected chi connectivity index (χ4v) is 1.22. The Morgan fingerprint density at radius 2 is 1.62 bits per heavy atom. The van der Waals surface area contributed by atoms with Crippen molar-refractivity contribution in [2.45, 2.75) is 45.4 Å². The third-order valence-corrected chi connectivity index (χ3v) is 2.02. The van der Waals surface area contributed by atoms with Crippen LogP contribution in [0.1, 0.15) is 45.4 Å². The van der Waals surface area contributed by atoms with Crippen LogP contribution in [0.25, 0.3) is 0 Å². The topological polar surface area (TPSA) is 72.8 Å². The monoisotopic (exact) mass is 232 g/mol. The zero-order valence-electron chi connectivity index (χ0n) is 9.74. The summed E-state index contributed by atoms with van der Waals surface area (Å²) in [7, 11) is 0. The van der Waals surface area contributed by atoms with Crippen LogP contribution in [-0.4, -0.2) is 30.4 Å². The van der Waals surface area contributed by atoms with Gasteiger partial charge < -0.3 is 14.6 Å². The molecule has 0 unspecified atom stereocenters. The van der Waals surface area contributed by atoms with E-state index in [4.69, 9.17) is 9.84 Å². The molecule has 0 heterocycles. The van der Waals surface area contributed by atoms with Crippen LogP contribution in [0.5, 0.6) is 0 Å². The molecule has 0 radical (unpaired) electrons. The van der Waals surface area contributed by atoms with E-state index >= 15 is 0 Å². The number of carboxylic acids is 1. The van der Waals surface area contributed by atoms with Gasteiger partial charge in [-0.1, -0.05) is 19.3 Å². The molecule has 0 aliphatic heterocycles. The molecular weight excluding hydrogens is 212 g/mol. The molecule has 0 bridgehead atoms. The SMILES string of the molecule is CCOC(=O)OCCCCCCCC(=O)O. The van der Waals surface area contributed by atoms with Crippen molar-refractivity contribution in [1.29, 1.82) is 0 Å². The maximum atomic E-state index is 10.7. The van der Waals surface area contributed by atoms with Gasteiger partial charge >= 0.3 is 12.1 Å². The molecule has 0 rings (SSSR count). The number of rotatable bonds is 9. The van der Waals surface area contributed by atoms with E-state index in [9.17, 15) is 9.59 Å². The first-order valence-electron chi connectivity index (χ1n) is 5.68. The smallest absolute Gasteiger partial charge is 0.481 e. The lowest BCUT2D eigenvalue weighted by Gasteiger charge is -2.04. The second-order valence-electron chi connectivity index (χ2n) is 3.44. The van der Waals surface area contributed by atoms with Crippen molar-refractivity contribution in [1.82, 2.24) is 0 Å². The van der Waals surface area contributed by atoms with Crippen molar-refractivity contribution in [3.63, 3.8) is 0 Å². The first-order valence-corrected chi connectivity index (χ1v) is 5.68. The van der Waals surface area contributed by atoms with Gasteiger partial charge in [-0.3, -0.25) is 4.79 Å². The van der Waals surface area contributed by atoms with Gasteiger partial charge in [0.25, 0.3) is 0 Å². The zero-order chi connectivity index (χ0) is 12.2.